The van der Waals surface area contributed by atoms with Gasteiger partial charge in [0, 0.05) is 5.92 Å². The van der Waals surface area contributed by atoms with Crippen LogP contribution in [0.25, 0.3) is 0 Å². The maximum absolute atomic E-state index is 6.49. The van der Waals surface area contributed by atoms with Gasteiger partial charge in [-0.05, 0) is 12.5 Å². The summed E-state index contributed by atoms with van der Waals surface area (Å²) in [4.78, 5) is 0. The van der Waals surface area contributed by atoms with Crippen LogP contribution in [0.5, 0.6) is 0 Å². The van der Waals surface area contributed by atoms with E-state index in [-0.39, 0.29) is 17.4 Å². The number of benzene rings is 1. The highest BCUT2D eigenvalue weighted by atomic mass is 35.5. The second-order valence-electron chi connectivity index (χ2n) is 4.37. The van der Waals surface area contributed by atoms with Crippen LogP contribution in [0.2, 0.25) is 0 Å². The molecule has 1 aromatic carbocycles. The van der Waals surface area contributed by atoms with Crippen molar-refractivity contribution in [3.05, 3.63) is 48.0 Å². The van der Waals surface area contributed by atoms with Crippen molar-refractivity contribution in [2.45, 2.75) is 22.7 Å². The summed E-state index contributed by atoms with van der Waals surface area (Å²) in [6.07, 6.45) is 3.45. The Morgan fingerprint density at radius 2 is 2.00 bits per heavy atom. The van der Waals surface area contributed by atoms with Gasteiger partial charge in [-0.15, -0.1) is 11.6 Å². The fraction of sp³-hybridized carbons (Fsp3) is 0.429. The molecule has 0 saturated carbocycles. The molecule has 1 nitrogen and oxygen atoms in total. The monoisotopic (exact) mass is 304 g/mol. The molecule has 0 N–H and O–H groups in total. The van der Waals surface area contributed by atoms with E-state index in [0.29, 0.717) is 6.61 Å². The van der Waals surface area contributed by atoms with Crippen molar-refractivity contribution < 1.29 is 4.74 Å². The molecule has 0 spiro atoms. The van der Waals surface area contributed by atoms with Gasteiger partial charge in [-0.3, -0.25) is 0 Å². The summed E-state index contributed by atoms with van der Waals surface area (Å²) in [5, 5.41) is -0.253. The summed E-state index contributed by atoms with van der Waals surface area (Å²) in [5.41, 5.74) is 1.01. The van der Waals surface area contributed by atoms with Crippen LogP contribution in [0.4, 0.5) is 0 Å². The summed E-state index contributed by atoms with van der Waals surface area (Å²) < 4.78 is 4.64. The van der Waals surface area contributed by atoms with Crippen LogP contribution < -0.4 is 0 Å². The Morgan fingerprint density at radius 1 is 1.33 bits per heavy atom. The van der Waals surface area contributed by atoms with E-state index in [1.54, 1.807) is 0 Å². The first-order valence-corrected chi connectivity index (χ1v) is 7.08. The van der Waals surface area contributed by atoms with Gasteiger partial charge in [-0.25, -0.2) is 0 Å². The van der Waals surface area contributed by atoms with Crippen LogP contribution >= 0.6 is 34.8 Å². The number of rotatable bonds is 3. The van der Waals surface area contributed by atoms with Gasteiger partial charge in [-0.1, -0.05) is 65.7 Å². The van der Waals surface area contributed by atoms with Crippen molar-refractivity contribution in [1.82, 2.24) is 0 Å². The first-order valence-electron chi connectivity index (χ1n) is 5.88. The molecule has 1 heterocycles. The first kappa shape index (κ1) is 14.2. The molecule has 4 heteroatoms. The number of ether oxygens (including phenoxy) is 1. The maximum atomic E-state index is 6.49. The molecule has 18 heavy (non-hydrogen) atoms. The molecule has 1 saturated heterocycles. The molecular formula is C14H15Cl3O. The lowest BCUT2D eigenvalue weighted by atomic mass is 9.95. The van der Waals surface area contributed by atoms with E-state index in [1.807, 2.05) is 49.4 Å². The summed E-state index contributed by atoms with van der Waals surface area (Å²) in [5.74, 6) is -0.133. The van der Waals surface area contributed by atoms with Crippen molar-refractivity contribution in [3.63, 3.8) is 0 Å². The van der Waals surface area contributed by atoms with Gasteiger partial charge in [0.15, 0.2) is 4.33 Å². The third kappa shape index (κ3) is 2.70. The Bertz CT molecular complexity index is 416. The summed E-state index contributed by atoms with van der Waals surface area (Å²) >= 11 is 19.3. The van der Waals surface area contributed by atoms with Gasteiger partial charge in [-0.2, -0.15) is 0 Å². The lowest BCUT2D eigenvalue weighted by molar-refractivity contribution is 0.136. The number of hydrogen-bond acceptors (Lipinski definition) is 1. The van der Waals surface area contributed by atoms with E-state index in [4.69, 9.17) is 39.5 Å². The van der Waals surface area contributed by atoms with Crippen LogP contribution in [0.1, 0.15) is 17.9 Å². The van der Waals surface area contributed by atoms with Crippen molar-refractivity contribution in [3.8, 4) is 0 Å². The highest BCUT2D eigenvalue weighted by Gasteiger charge is 2.51. The largest absolute Gasteiger partial charge is 0.371 e. The van der Waals surface area contributed by atoms with E-state index in [1.165, 1.54) is 0 Å². The smallest absolute Gasteiger partial charge is 0.154 e. The second kappa shape index (κ2) is 5.83. The molecule has 0 amide bonds. The van der Waals surface area contributed by atoms with Crippen LogP contribution in [0, 0.1) is 5.92 Å². The Morgan fingerprint density at radius 3 is 2.61 bits per heavy atom. The average Bonchev–Trinajstić information content (AvgIpc) is 2.66. The predicted molar refractivity (Wildman–Crippen MR) is 77.5 cm³/mol. The topological polar surface area (TPSA) is 9.23 Å². The third-order valence-corrected chi connectivity index (χ3v) is 4.71. The number of allylic oxidation sites excluding steroid dienone is 1. The molecule has 0 aromatic heterocycles. The standard InChI is InChI=1S/C14H15Cl3O/c1-2-6-12-14(16,17)11(9-18-12)13(15)10-7-4-3-5-8-10/h2-8,11-13H,9H2,1H3/b6-2+/t11-,12?,13?/m0/s1. The van der Waals surface area contributed by atoms with Gasteiger partial charge in [0.25, 0.3) is 0 Å². The molecule has 2 unspecified atom stereocenters. The van der Waals surface area contributed by atoms with Crippen molar-refractivity contribution in [2.24, 2.45) is 5.92 Å². The Balaban J connectivity index is 2.20. The molecule has 1 fully saturated rings. The van der Waals surface area contributed by atoms with Crippen LogP contribution in [0.3, 0.4) is 0 Å². The predicted octanol–water partition coefficient (Wildman–Crippen LogP) is 4.73. The van der Waals surface area contributed by atoms with Crippen LogP contribution in [-0.4, -0.2) is 17.0 Å². The molecule has 1 aromatic rings. The van der Waals surface area contributed by atoms with Gasteiger partial charge < -0.3 is 4.74 Å². The van der Waals surface area contributed by atoms with E-state index < -0.39 is 4.33 Å². The quantitative estimate of drug-likeness (QED) is 0.579. The maximum Gasteiger partial charge on any atom is 0.154 e. The molecule has 1 aliphatic rings. The van der Waals surface area contributed by atoms with E-state index in [9.17, 15) is 0 Å². The minimum Gasteiger partial charge on any atom is -0.371 e. The zero-order chi connectivity index (χ0) is 13.2. The number of hydrogen-bond donors (Lipinski definition) is 0. The van der Waals surface area contributed by atoms with Gasteiger partial charge >= 0.3 is 0 Å². The van der Waals surface area contributed by atoms with Crippen molar-refractivity contribution in [1.29, 1.82) is 0 Å². The molecule has 3 atom stereocenters. The van der Waals surface area contributed by atoms with Crippen molar-refractivity contribution in [2.75, 3.05) is 6.61 Å². The molecule has 2 rings (SSSR count). The minimum atomic E-state index is -0.991. The lowest BCUT2D eigenvalue weighted by Gasteiger charge is -2.27. The summed E-state index contributed by atoms with van der Waals surface area (Å²) in [6, 6.07) is 9.81. The highest BCUT2D eigenvalue weighted by molar-refractivity contribution is 6.49. The minimum absolute atomic E-state index is 0.133. The van der Waals surface area contributed by atoms with E-state index in [0.717, 1.165) is 5.56 Å². The fourth-order valence-corrected chi connectivity index (χ4v) is 3.34. The molecular weight excluding hydrogens is 291 g/mol. The summed E-state index contributed by atoms with van der Waals surface area (Å²) in [6.45, 7) is 2.38. The zero-order valence-corrected chi connectivity index (χ0v) is 12.3. The lowest BCUT2D eigenvalue weighted by Crippen LogP contribution is -2.33. The van der Waals surface area contributed by atoms with Gasteiger partial charge in [0.2, 0.25) is 0 Å². The first-order chi connectivity index (χ1) is 8.57. The molecule has 0 bridgehead atoms. The SMILES string of the molecule is C/C=C/C1OC[C@@H](C(Cl)c2ccccc2)C1(Cl)Cl. The van der Waals surface area contributed by atoms with E-state index >= 15 is 0 Å². The zero-order valence-electron chi connectivity index (χ0n) is 10.0. The molecule has 0 aliphatic carbocycles. The Hall–Kier alpha value is -0.210. The van der Waals surface area contributed by atoms with Gasteiger partial charge in [0.05, 0.1) is 12.0 Å². The van der Waals surface area contributed by atoms with E-state index in [2.05, 4.69) is 0 Å². The molecule has 98 valence electrons. The second-order valence-corrected chi connectivity index (χ2v) is 6.29. The fourth-order valence-electron chi connectivity index (χ4n) is 2.15. The van der Waals surface area contributed by atoms with Crippen LogP contribution in [-0.2, 0) is 4.74 Å². The molecule has 1 aliphatic heterocycles. The number of halogens is 3. The van der Waals surface area contributed by atoms with Crippen LogP contribution in [0.15, 0.2) is 42.5 Å². The van der Waals surface area contributed by atoms with Crippen molar-refractivity contribution >= 4 is 34.8 Å². The number of alkyl halides is 3. The third-order valence-electron chi connectivity index (χ3n) is 3.17. The highest BCUT2D eigenvalue weighted by Crippen LogP contribution is 2.49. The average molecular weight is 306 g/mol. The normalized spacial score (nSPS) is 28.7. The summed E-state index contributed by atoms with van der Waals surface area (Å²) in [7, 11) is 0. The molecule has 0 radical (unpaired) electrons. The Kier molecular flexibility index (Phi) is 4.60. The van der Waals surface area contributed by atoms with Gasteiger partial charge in [0.1, 0.15) is 6.10 Å². The Labute approximate surface area is 123 Å².